The molecular formula is C13H20BrFN2. The normalized spacial score (nSPS) is 13.1. The third-order valence-electron chi connectivity index (χ3n) is 2.48. The molecular weight excluding hydrogens is 283 g/mol. The van der Waals surface area contributed by atoms with E-state index in [-0.39, 0.29) is 5.82 Å². The van der Waals surface area contributed by atoms with Crippen LogP contribution in [0.1, 0.15) is 26.3 Å². The topological polar surface area (TPSA) is 24.1 Å². The van der Waals surface area contributed by atoms with Gasteiger partial charge in [-0.2, -0.15) is 0 Å². The van der Waals surface area contributed by atoms with Crippen LogP contribution in [-0.2, 0) is 6.54 Å². The predicted molar refractivity (Wildman–Crippen MR) is 73.5 cm³/mol. The van der Waals surface area contributed by atoms with Crippen molar-refractivity contribution in [3.8, 4) is 0 Å². The smallest absolute Gasteiger partial charge is 0.127 e. The summed E-state index contributed by atoms with van der Waals surface area (Å²) < 4.78 is 14.4. The van der Waals surface area contributed by atoms with Gasteiger partial charge in [-0.15, -0.1) is 0 Å². The fourth-order valence-electron chi connectivity index (χ4n) is 1.45. The van der Waals surface area contributed by atoms with Crippen LogP contribution in [0, 0.1) is 5.82 Å². The van der Waals surface area contributed by atoms with E-state index in [1.807, 2.05) is 6.07 Å². The monoisotopic (exact) mass is 302 g/mol. The highest BCUT2D eigenvalue weighted by molar-refractivity contribution is 9.10. The van der Waals surface area contributed by atoms with Crippen LogP contribution in [0.4, 0.5) is 4.39 Å². The van der Waals surface area contributed by atoms with Gasteiger partial charge in [0, 0.05) is 35.2 Å². The van der Waals surface area contributed by atoms with Crippen LogP contribution in [0.5, 0.6) is 0 Å². The zero-order valence-corrected chi connectivity index (χ0v) is 12.1. The molecule has 0 aromatic heterocycles. The molecule has 1 unspecified atom stereocenters. The molecule has 0 heterocycles. The van der Waals surface area contributed by atoms with Crippen molar-refractivity contribution in [3.05, 3.63) is 34.1 Å². The van der Waals surface area contributed by atoms with Crippen molar-refractivity contribution in [2.45, 2.75) is 39.4 Å². The summed E-state index contributed by atoms with van der Waals surface area (Å²) in [5, 5.41) is 6.64. The van der Waals surface area contributed by atoms with Crippen molar-refractivity contribution in [3.63, 3.8) is 0 Å². The highest BCUT2D eigenvalue weighted by Gasteiger charge is 2.06. The minimum atomic E-state index is -0.162. The van der Waals surface area contributed by atoms with Crippen LogP contribution in [-0.4, -0.2) is 18.6 Å². The Labute approximate surface area is 111 Å². The molecule has 0 fully saturated rings. The summed E-state index contributed by atoms with van der Waals surface area (Å²) in [6.45, 7) is 7.74. The summed E-state index contributed by atoms with van der Waals surface area (Å²) in [7, 11) is 0. The summed E-state index contributed by atoms with van der Waals surface area (Å²) in [6, 6.07) is 5.80. The van der Waals surface area contributed by atoms with Gasteiger partial charge in [0.15, 0.2) is 0 Å². The highest BCUT2D eigenvalue weighted by atomic mass is 79.9. The van der Waals surface area contributed by atoms with Gasteiger partial charge in [-0.3, -0.25) is 0 Å². The maximum atomic E-state index is 13.5. The Balaban J connectivity index is 2.41. The molecule has 0 amide bonds. The van der Waals surface area contributed by atoms with Crippen LogP contribution in [0.2, 0.25) is 0 Å². The largest absolute Gasteiger partial charge is 0.313 e. The number of hydrogen-bond acceptors (Lipinski definition) is 2. The second-order valence-electron chi connectivity index (χ2n) is 4.58. The summed E-state index contributed by atoms with van der Waals surface area (Å²) in [5.74, 6) is -0.162. The van der Waals surface area contributed by atoms with Crippen molar-refractivity contribution in [1.29, 1.82) is 0 Å². The van der Waals surface area contributed by atoms with Gasteiger partial charge in [-0.1, -0.05) is 29.8 Å². The van der Waals surface area contributed by atoms with Crippen LogP contribution in [0.25, 0.3) is 0 Å². The van der Waals surface area contributed by atoms with E-state index in [9.17, 15) is 4.39 Å². The van der Waals surface area contributed by atoms with E-state index in [0.717, 1.165) is 11.0 Å². The van der Waals surface area contributed by atoms with Gasteiger partial charge in [0.25, 0.3) is 0 Å². The number of benzene rings is 1. The molecule has 1 aromatic rings. The molecule has 1 aromatic carbocycles. The van der Waals surface area contributed by atoms with Gasteiger partial charge in [0.1, 0.15) is 5.82 Å². The number of hydrogen-bond donors (Lipinski definition) is 2. The Morgan fingerprint density at radius 3 is 2.59 bits per heavy atom. The fourth-order valence-corrected chi connectivity index (χ4v) is 1.86. The zero-order chi connectivity index (χ0) is 12.8. The predicted octanol–water partition coefficient (Wildman–Crippen LogP) is 3.06. The molecule has 96 valence electrons. The van der Waals surface area contributed by atoms with E-state index in [1.165, 1.54) is 6.07 Å². The first-order valence-electron chi connectivity index (χ1n) is 5.89. The molecule has 1 atom stereocenters. The summed E-state index contributed by atoms with van der Waals surface area (Å²) in [4.78, 5) is 0. The number of nitrogens with one attached hydrogen (secondary N) is 2. The van der Waals surface area contributed by atoms with Gasteiger partial charge in [-0.05, 0) is 25.1 Å². The van der Waals surface area contributed by atoms with Crippen LogP contribution in [0.15, 0.2) is 22.7 Å². The summed E-state index contributed by atoms with van der Waals surface area (Å²) >= 11 is 3.35. The molecule has 2 N–H and O–H groups in total. The SMILES string of the molecule is CC(C)NCC(C)NCc1cc(Br)ccc1F. The molecule has 17 heavy (non-hydrogen) atoms. The first-order chi connectivity index (χ1) is 7.99. The van der Waals surface area contributed by atoms with Gasteiger partial charge in [0.05, 0.1) is 0 Å². The van der Waals surface area contributed by atoms with Gasteiger partial charge >= 0.3 is 0 Å². The van der Waals surface area contributed by atoms with Crippen molar-refractivity contribution >= 4 is 15.9 Å². The van der Waals surface area contributed by atoms with Crippen molar-refractivity contribution < 1.29 is 4.39 Å². The Kier molecular flexibility index (Phi) is 6.09. The molecule has 0 radical (unpaired) electrons. The molecule has 0 saturated heterocycles. The molecule has 0 spiro atoms. The van der Waals surface area contributed by atoms with Gasteiger partial charge in [-0.25, -0.2) is 4.39 Å². The van der Waals surface area contributed by atoms with Crippen molar-refractivity contribution in [2.75, 3.05) is 6.54 Å². The molecule has 0 saturated carbocycles. The Bertz CT molecular complexity index is 355. The standard InChI is InChI=1S/C13H20BrFN2/c1-9(2)16-7-10(3)17-8-11-6-12(14)4-5-13(11)15/h4-6,9-10,16-17H,7-8H2,1-3H3. The molecule has 0 bridgehead atoms. The lowest BCUT2D eigenvalue weighted by atomic mass is 10.2. The lowest BCUT2D eigenvalue weighted by molar-refractivity contribution is 0.468. The van der Waals surface area contributed by atoms with Crippen molar-refractivity contribution in [1.82, 2.24) is 10.6 Å². The average molecular weight is 303 g/mol. The number of halogens is 2. The average Bonchev–Trinajstić information content (AvgIpc) is 2.27. The van der Waals surface area contributed by atoms with E-state index in [0.29, 0.717) is 24.2 Å². The van der Waals surface area contributed by atoms with Crippen molar-refractivity contribution in [2.24, 2.45) is 0 Å². The molecule has 1 rings (SSSR count). The van der Waals surface area contributed by atoms with Crippen LogP contribution < -0.4 is 10.6 Å². The first kappa shape index (κ1) is 14.6. The maximum Gasteiger partial charge on any atom is 0.127 e. The lowest BCUT2D eigenvalue weighted by Gasteiger charge is -2.16. The summed E-state index contributed by atoms with van der Waals surface area (Å²) in [6.07, 6.45) is 0. The van der Waals surface area contributed by atoms with E-state index >= 15 is 0 Å². The Hall–Kier alpha value is -0.450. The third-order valence-corrected chi connectivity index (χ3v) is 2.97. The lowest BCUT2D eigenvalue weighted by Crippen LogP contribution is -2.38. The highest BCUT2D eigenvalue weighted by Crippen LogP contribution is 2.15. The van der Waals surface area contributed by atoms with Crippen LogP contribution in [0.3, 0.4) is 0 Å². The molecule has 0 aliphatic rings. The molecule has 4 heteroatoms. The summed E-state index contributed by atoms with van der Waals surface area (Å²) in [5.41, 5.74) is 0.691. The number of rotatable bonds is 6. The van der Waals surface area contributed by atoms with E-state index in [2.05, 4.69) is 47.3 Å². The zero-order valence-electron chi connectivity index (χ0n) is 10.6. The quantitative estimate of drug-likeness (QED) is 0.844. The molecule has 0 aliphatic carbocycles. The van der Waals surface area contributed by atoms with Gasteiger partial charge < -0.3 is 10.6 Å². The third kappa shape index (κ3) is 5.61. The maximum absolute atomic E-state index is 13.5. The molecule has 2 nitrogen and oxygen atoms in total. The van der Waals surface area contributed by atoms with Gasteiger partial charge in [0.2, 0.25) is 0 Å². The van der Waals surface area contributed by atoms with E-state index in [4.69, 9.17) is 0 Å². The minimum absolute atomic E-state index is 0.162. The fraction of sp³-hybridized carbons (Fsp3) is 0.538. The molecule has 0 aliphatic heterocycles. The second kappa shape index (κ2) is 7.09. The van der Waals surface area contributed by atoms with E-state index < -0.39 is 0 Å². The van der Waals surface area contributed by atoms with E-state index in [1.54, 1.807) is 6.07 Å². The van der Waals surface area contributed by atoms with Crippen LogP contribution >= 0.6 is 15.9 Å². The Morgan fingerprint density at radius 2 is 1.94 bits per heavy atom. The second-order valence-corrected chi connectivity index (χ2v) is 5.50. The first-order valence-corrected chi connectivity index (χ1v) is 6.69. The minimum Gasteiger partial charge on any atom is -0.313 e. The Morgan fingerprint density at radius 1 is 1.24 bits per heavy atom.